The lowest BCUT2D eigenvalue weighted by Gasteiger charge is -2.01. The van der Waals surface area contributed by atoms with Crippen LogP contribution in [0.2, 0.25) is 0 Å². The largest absolute Gasteiger partial charge is 0.504 e. The molecule has 2 heterocycles. The molecule has 8 heteroatoms. The molecule has 0 saturated carbocycles. The summed E-state index contributed by atoms with van der Waals surface area (Å²) in [5, 5.41) is 29.8. The maximum absolute atomic E-state index is 9.48. The summed E-state index contributed by atoms with van der Waals surface area (Å²) in [6, 6.07) is 8.03. The van der Waals surface area contributed by atoms with Crippen molar-refractivity contribution >= 4 is 18.4 Å². The Balaban J connectivity index is 1.99. The second-order valence-corrected chi connectivity index (χ2v) is 4.79. The van der Waals surface area contributed by atoms with Gasteiger partial charge in [0.2, 0.25) is 4.77 Å². The van der Waals surface area contributed by atoms with E-state index in [4.69, 9.17) is 12.2 Å². The van der Waals surface area contributed by atoms with E-state index < -0.39 is 0 Å². The molecule has 0 aliphatic carbocycles. The van der Waals surface area contributed by atoms with Crippen LogP contribution in [-0.4, -0.2) is 36.3 Å². The standard InChI is InChI=1S/C14H11N5O2S/c20-11-4-3-9(6-12(11)21)7-16-19-13(17-18-14(19)22)10-2-1-5-15-8-10/h1-8,20-21H,(H,18,22). The number of nitrogens with zero attached hydrogens (tertiary/aromatic N) is 4. The lowest BCUT2D eigenvalue weighted by Crippen LogP contribution is -1.95. The second-order valence-electron chi connectivity index (χ2n) is 4.40. The summed E-state index contributed by atoms with van der Waals surface area (Å²) in [4.78, 5) is 4.04. The van der Waals surface area contributed by atoms with E-state index in [0.717, 1.165) is 5.56 Å². The number of pyridine rings is 1. The van der Waals surface area contributed by atoms with Crippen molar-refractivity contribution in [3.8, 4) is 22.9 Å². The van der Waals surface area contributed by atoms with E-state index in [1.165, 1.54) is 23.0 Å². The van der Waals surface area contributed by atoms with Crippen LogP contribution in [0.3, 0.4) is 0 Å². The minimum Gasteiger partial charge on any atom is -0.504 e. The van der Waals surface area contributed by atoms with Crippen molar-refractivity contribution < 1.29 is 10.2 Å². The SMILES string of the molecule is Oc1ccc(C=Nn2c(-c3cccnc3)n[nH]c2=S)cc1O. The molecule has 3 N–H and O–H groups in total. The van der Waals surface area contributed by atoms with E-state index >= 15 is 0 Å². The molecule has 110 valence electrons. The van der Waals surface area contributed by atoms with Crippen molar-refractivity contribution in [1.82, 2.24) is 19.9 Å². The highest BCUT2D eigenvalue weighted by molar-refractivity contribution is 7.71. The molecule has 0 spiro atoms. The van der Waals surface area contributed by atoms with Crippen LogP contribution >= 0.6 is 12.2 Å². The Bertz CT molecular complexity index is 886. The van der Waals surface area contributed by atoms with Gasteiger partial charge in [0.1, 0.15) is 0 Å². The van der Waals surface area contributed by atoms with Gasteiger partial charge in [-0.25, -0.2) is 5.10 Å². The average molecular weight is 313 g/mol. The number of benzene rings is 1. The molecule has 22 heavy (non-hydrogen) atoms. The Labute approximate surface area is 130 Å². The van der Waals surface area contributed by atoms with Crippen molar-refractivity contribution in [3.63, 3.8) is 0 Å². The van der Waals surface area contributed by atoms with Crippen LogP contribution in [0, 0.1) is 4.77 Å². The molecule has 0 unspecified atom stereocenters. The lowest BCUT2D eigenvalue weighted by atomic mass is 10.2. The first-order valence-corrected chi connectivity index (χ1v) is 6.70. The van der Waals surface area contributed by atoms with Crippen molar-refractivity contribution in [2.45, 2.75) is 0 Å². The first-order valence-electron chi connectivity index (χ1n) is 6.29. The number of rotatable bonds is 3. The zero-order chi connectivity index (χ0) is 15.5. The van der Waals surface area contributed by atoms with Gasteiger partial charge in [-0.1, -0.05) is 0 Å². The van der Waals surface area contributed by atoms with Gasteiger partial charge in [0, 0.05) is 18.0 Å². The molecule has 2 aromatic heterocycles. The van der Waals surface area contributed by atoms with Gasteiger partial charge < -0.3 is 10.2 Å². The number of phenolic OH excluding ortho intramolecular Hbond substituents is 2. The Morgan fingerprint density at radius 1 is 1.23 bits per heavy atom. The van der Waals surface area contributed by atoms with Crippen LogP contribution in [0.25, 0.3) is 11.4 Å². The summed E-state index contributed by atoms with van der Waals surface area (Å²) >= 11 is 5.16. The summed E-state index contributed by atoms with van der Waals surface area (Å²) in [6.45, 7) is 0. The van der Waals surface area contributed by atoms with Gasteiger partial charge >= 0.3 is 0 Å². The van der Waals surface area contributed by atoms with Crippen LogP contribution in [-0.2, 0) is 0 Å². The van der Waals surface area contributed by atoms with Gasteiger partial charge in [-0.2, -0.15) is 14.9 Å². The fourth-order valence-electron chi connectivity index (χ4n) is 1.83. The average Bonchev–Trinajstić information content (AvgIpc) is 2.90. The molecule has 0 fully saturated rings. The van der Waals surface area contributed by atoms with Crippen LogP contribution in [0.4, 0.5) is 0 Å². The maximum atomic E-state index is 9.48. The third kappa shape index (κ3) is 2.72. The quantitative estimate of drug-likeness (QED) is 0.391. The predicted octanol–water partition coefficient (Wildman–Crippen LogP) is 2.30. The number of hydrogen-bond donors (Lipinski definition) is 3. The van der Waals surface area contributed by atoms with Crippen molar-refractivity contribution in [3.05, 3.63) is 53.1 Å². The van der Waals surface area contributed by atoms with Crippen molar-refractivity contribution in [2.24, 2.45) is 5.10 Å². The molecule has 0 atom stereocenters. The molecule has 3 aromatic rings. The molecule has 0 amide bonds. The number of aromatic nitrogens is 4. The molecule has 0 aliphatic heterocycles. The summed E-state index contributed by atoms with van der Waals surface area (Å²) in [5.74, 6) is 0.123. The molecule has 0 radical (unpaired) electrons. The Hall–Kier alpha value is -3.00. The fraction of sp³-hybridized carbons (Fsp3) is 0. The number of H-pyrrole nitrogens is 1. The summed E-state index contributed by atoms with van der Waals surface area (Å²) in [7, 11) is 0. The van der Waals surface area contributed by atoms with Crippen molar-refractivity contribution in [2.75, 3.05) is 0 Å². The summed E-state index contributed by atoms with van der Waals surface area (Å²) in [6.07, 6.45) is 4.82. The van der Waals surface area contributed by atoms with Gasteiger partial charge in [0.25, 0.3) is 0 Å². The molecule has 0 aliphatic rings. The monoisotopic (exact) mass is 313 g/mol. The number of nitrogens with one attached hydrogen (secondary N) is 1. The minimum absolute atomic E-state index is 0.187. The van der Waals surface area contributed by atoms with E-state index in [1.807, 2.05) is 6.07 Å². The Kier molecular flexibility index (Phi) is 3.67. The highest BCUT2D eigenvalue weighted by Gasteiger charge is 2.07. The predicted molar refractivity (Wildman–Crippen MR) is 83.4 cm³/mol. The molecule has 7 nitrogen and oxygen atoms in total. The number of aromatic hydroxyl groups is 2. The molecule has 0 saturated heterocycles. The van der Waals surface area contributed by atoms with E-state index in [1.54, 1.807) is 24.5 Å². The Morgan fingerprint density at radius 3 is 2.82 bits per heavy atom. The van der Waals surface area contributed by atoms with Gasteiger partial charge in [0.15, 0.2) is 17.3 Å². The normalized spacial score (nSPS) is 11.1. The zero-order valence-electron chi connectivity index (χ0n) is 11.2. The highest BCUT2D eigenvalue weighted by Crippen LogP contribution is 2.24. The van der Waals surface area contributed by atoms with Gasteiger partial charge in [-0.3, -0.25) is 4.98 Å². The number of aromatic amines is 1. The zero-order valence-corrected chi connectivity index (χ0v) is 12.0. The third-order valence-corrected chi connectivity index (χ3v) is 3.16. The van der Waals surface area contributed by atoms with Crippen molar-refractivity contribution in [1.29, 1.82) is 0 Å². The molecule has 1 aromatic carbocycles. The van der Waals surface area contributed by atoms with E-state index in [2.05, 4.69) is 20.3 Å². The highest BCUT2D eigenvalue weighted by atomic mass is 32.1. The molecular formula is C14H11N5O2S. The molecular weight excluding hydrogens is 302 g/mol. The first-order chi connectivity index (χ1) is 10.6. The lowest BCUT2D eigenvalue weighted by molar-refractivity contribution is 0.403. The number of phenols is 2. The van der Waals surface area contributed by atoms with Crippen LogP contribution < -0.4 is 0 Å². The summed E-state index contributed by atoms with van der Waals surface area (Å²) in [5.41, 5.74) is 1.37. The van der Waals surface area contributed by atoms with Crippen LogP contribution in [0.5, 0.6) is 11.5 Å². The first kappa shape index (κ1) is 14.0. The van der Waals surface area contributed by atoms with E-state index in [9.17, 15) is 10.2 Å². The summed E-state index contributed by atoms with van der Waals surface area (Å²) < 4.78 is 1.79. The maximum Gasteiger partial charge on any atom is 0.216 e. The number of hydrogen-bond acceptors (Lipinski definition) is 6. The molecule has 3 rings (SSSR count). The van der Waals surface area contributed by atoms with Crippen LogP contribution in [0.1, 0.15) is 5.56 Å². The van der Waals surface area contributed by atoms with Gasteiger partial charge in [-0.15, -0.1) is 0 Å². The van der Waals surface area contributed by atoms with Gasteiger partial charge in [0.05, 0.1) is 6.21 Å². The van der Waals surface area contributed by atoms with E-state index in [-0.39, 0.29) is 11.5 Å². The third-order valence-electron chi connectivity index (χ3n) is 2.89. The molecule has 0 bridgehead atoms. The van der Waals surface area contributed by atoms with Gasteiger partial charge in [-0.05, 0) is 48.1 Å². The second kappa shape index (κ2) is 5.78. The Morgan fingerprint density at radius 2 is 2.09 bits per heavy atom. The minimum atomic E-state index is -0.216. The fourth-order valence-corrected chi connectivity index (χ4v) is 2.01. The smallest absolute Gasteiger partial charge is 0.216 e. The van der Waals surface area contributed by atoms with Crippen LogP contribution in [0.15, 0.2) is 47.8 Å². The van der Waals surface area contributed by atoms with E-state index in [0.29, 0.717) is 16.2 Å². The topological polar surface area (TPSA) is 99.3 Å².